The first kappa shape index (κ1) is 19.4. The van der Waals surface area contributed by atoms with E-state index in [1.807, 2.05) is 29.9 Å². The summed E-state index contributed by atoms with van der Waals surface area (Å²) in [6.07, 6.45) is 1.85. The zero-order chi connectivity index (χ0) is 20.0. The summed E-state index contributed by atoms with van der Waals surface area (Å²) in [4.78, 5) is 14.1. The molecule has 0 unspecified atom stereocenters. The van der Waals surface area contributed by atoms with Gasteiger partial charge < -0.3 is 9.80 Å². The summed E-state index contributed by atoms with van der Waals surface area (Å²) in [5, 5.41) is 5.95. The minimum Gasteiger partial charge on any atom is -0.354 e. The summed E-state index contributed by atoms with van der Waals surface area (Å²) in [5.41, 5.74) is 3.42. The van der Waals surface area contributed by atoms with E-state index < -0.39 is 0 Å². The molecule has 1 atom stereocenters. The van der Waals surface area contributed by atoms with Crippen molar-refractivity contribution < 1.29 is 0 Å². The fraction of sp³-hybridized carbons (Fsp3) is 0.450. The standard InChI is InChI=1S/C20H24Cl2N6/c1-12-19-20(24-18(8-23-19)27-10-14(11-27)9-26(3)4)28(25-12)13(2)16-6-5-15(21)7-17(16)22/h5-8,13-14H,9-11H2,1-4H3/t13-/m1/s1. The topological polar surface area (TPSA) is 50.1 Å². The molecule has 1 aromatic carbocycles. The number of halogens is 2. The Hall–Kier alpha value is -1.89. The van der Waals surface area contributed by atoms with E-state index in [1.165, 1.54) is 0 Å². The molecule has 0 N–H and O–H groups in total. The van der Waals surface area contributed by atoms with Crippen molar-refractivity contribution >= 4 is 40.2 Å². The van der Waals surface area contributed by atoms with E-state index in [9.17, 15) is 0 Å². The molecular formula is C20H24Cl2N6. The first-order valence-electron chi connectivity index (χ1n) is 9.40. The molecule has 8 heteroatoms. The summed E-state index contributed by atoms with van der Waals surface area (Å²) < 4.78 is 1.91. The van der Waals surface area contributed by atoms with E-state index in [4.69, 9.17) is 33.3 Å². The van der Waals surface area contributed by atoms with Crippen molar-refractivity contribution in [2.24, 2.45) is 5.92 Å². The fourth-order valence-electron chi connectivity index (χ4n) is 3.82. The second-order valence-electron chi connectivity index (χ2n) is 7.81. The van der Waals surface area contributed by atoms with Gasteiger partial charge >= 0.3 is 0 Å². The highest BCUT2D eigenvalue weighted by Crippen LogP contribution is 2.31. The Morgan fingerprint density at radius 1 is 1.25 bits per heavy atom. The van der Waals surface area contributed by atoms with Crippen molar-refractivity contribution in [3.05, 3.63) is 45.7 Å². The van der Waals surface area contributed by atoms with Gasteiger partial charge in [-0.1, -0.05) is 29.3 Å². The lowest BCUT2D eigenvalue weighted by molar-refractivity contribution is 0.282. The van der Waals surface area contributed by atoms with Gasteiger partial charge in [-0.15, -0.1) is 0 Å². The first-order chi connectivity index (χ1) is 13.3. The van der Waals surface area contributed by atoms with Crippen LogP contribution >= 0.6 is 23.2 Å². The predicted molar refractivity (Wildman–Crippen MR) is 115 cm³/mol. The van der Waals surface area contributed by atoms with Crippen LogP contribution < -0.4 is 4.90 Å². The normalized spacial score (nSPS) is 16.0. The van der Waals surface area contributed by atoms with Crippen LogP contribution in [0, 0.1) is 12.8 Å². The molecule has 0 bridgehead atoms. The van der Waals surface area contributed by atoms with Gasteiger partial charge in [0.15, 0.2) is 5.65 Å². The maximum absolute atomic E-state index is 6.43. The van der Waals surface area contributed by atoms with E-state index in [1.54, 1.807) is 6.07 Å². The van der Waals surface area contributed by atoms with E-state index in [-0.39, 0.29) is 6.04 Å². The number of fused-ring (bicyclic) bond motifs is 1. The van der Waals surface area contributed by atoms with Crippen LogP contribution in [0.5, 0.6) is 0 Å². The highest BCUT2D eigenvalue weighted by molar-refractivity contribution is 6.35. The zero-order valence-corrected chi connectivity index (χ0v) is 18.0. The molecule has 2 aromatic heterocycles. The smallest absolute Gasteiger partial charge is 0.179 e. The van der Waals surface area contributed by atoms with Crippen LogP contribution in [-0.2, 0) is 0 Å². The lowest BCUT2D eigenvalue weighted by Crippen LogP contribution is -2.51. The molecule has 0 radical (unpaired) electrons. The number of aryl methyl sites for hydroxylation is 1. The van der Waals surface area contributed by atoms with Crippen molar-refractivity contribution in [1.29, 1.82) is 0 Å². The molecule has 4 rings (SSSR count). The van der Waals surface area contributed by atoms with Crippen molar-refractivity contribution in [2.45, 2.75) is 19.9 Å². The van der Waals surface area contributed by atoms with Gasteiger partial charge in [-0.3, -0.25) is 0 Å². The van der Waals surface area contributed by atoms with Gasteiger partial charge in [0.1, 0.15) is 11.3 Å². The number of nitrogens with zero attached hydrogens (tertiary/aromatic N) is 6. The third-order valence-corrected chi connectivity index (χ3v) is 5.81. The van der Waals surface area contributed by atoms with Crippen molar-refractivity contribution in [3.63, 3.8) is 0 Å². The largest absolute Gasteiger partial charge is 0.354 e. The lowest BCUT2D eigenvalue weighted by Gasteiger charge is -2.41. The van der Waals surface area contributed by atoms with Crippen LogP contribution in [0.2, 0.25) is 10.0 Å². The second kappa shape index (κ2) is 7.50. The molecule has 3 aromatic rings. The summed E-state index contributed by atoms with van der Waals surface area (Å²) in [5.74, 6) is 1.57. The van der Waals surface area contributed by atoms with Gasteiger partial charge in [-0.2, -0.15) is 5.10 Å². The van der Waals surface area contributed by atoms with Crippen LogP contribution in [-0.4, -0.2) is 58.4 Å². The number of anilines is 1. The second-order valence-corrected chi connectivity index (χ2v) is 8.65. The molecule has 28 heavy (non-hydrogen) atoms. The minimum absolute atomic E-state index is 0.0802. The molecule has 1 fully saturated rings. The Balaban J connectivity index is 1.66. The van der Waals surface area contributed by atoms with Gasteiger partial charge in [0, 0.05) is 35.6 Å². The van der Waals surface area contributed by atoms with E-state index >= 15 is 0 Å². The molecular weight excluding hydrogens is 395 g/mol. The number of aromatic nitrogens is 4. The first-order valence-corrected chi connectivity index (χ1v) is 10.2. The summed E-state index contributed by atoms with van der Waals surface area (Å²) >= 11 is 12.5. The van der Waals surface area contributed by atoms with Gasteiger partial charge in [-0.25, -0.2) is 14.6 Å². The van der Waals surface area contributed by atoms with Crippen LogP contribution in [0.15, 0.2) is 24.4 Å². The van der Waals surface area contributed by atoms with E-state index in [0.29, 0.717) is 16.0 Å². The average molecular weight is 419 g/mol. The molecule has 3 heterocycles. The van der Waals surface area contributed by atoms with Crippen LogP contribution in [0.1, 0.15) is 24.2 Å². The van der Waals surface area contributed by atoms with Crippen molar-refractivity contribution in [1.82, 2.24) is 24.6 Å². The molecule has 148 valence electrons. The predicted octanol–water partition coefficient (Wildman–Crippen LogP) is 4.05. The third kappa shape index (κ3) is 3.56. The van der Waals surface area contributed by atoms with Crippen LogP contribution in [0.4, 0.5) is 5.82 Å². The van der Waals surface area contributed by atoms with Gasteiger partial charge in [-0.05, 0) is 45.6 Å². The summed E-state index contributed by atoms with van der Waals surface area (Å²) in [6, 6.07) is 5.47. The Bertz CT molecular complexity index is 1010. The molecule has 0 aliphatic carbocycles. The maximum atomic E-state index is 6.43. The van der Waals surface area contributed by atoms with Crippen LogP contribution in [0.25, 0.3) is 11.2 Å². The fourth-order valence-corrected chi connectivity index (χ4v) is 4.39. The third-order valence-electron chi connectivity index (χ3n) is 5.24. The number of hydrogen-bond donors (Lipinski definition) is 0. The van der Waals surface area contributed by atoms with Crippen molar-refractivity contribution in [3.8, 4) is 0 Å². The Morgan fingerprint density at radius 3 is 2.68 bits per heavy atom. The van der Waals surface area contributed by atoms with Crippen LogP contribution in [0.3, 0.4) is 0 Å². The van der Waals surface area contributed by atoms with Gasteiger partial charge in [0.25, 0.3) is 0 Å². The zero-order valence-electron chi connectivity index (χ0n) is 16.5. The molecule has 1 aliphatic heterocycles. The molecule has 0 saturated carbocycles. The molecule has 0 spiro atoms. The van der Waals surface area contributed by atoms with E-state index in [2.05, 4.69) is 35.8 Å². The monoisotopic (exact) mass is 418 g/mol. The molecule has 6 nitrogen and oxygen atoms in total. The molecule has 1 aliphatic rings. The molecule has 1 saturated heterocycles. The quantitative estimate of drug-likeness (QED) is 0.625. The summed E-state index contributed by atoms with van der Waals surface area (Å²) in [6.45, 7) is 7.12. The Kier molecular flexibility index (Phi) is 5.21. The number of hydrogen-bond acceptors (Lipinski definition) is 5. The number of rotatable bonds is 5. The molecule has 0 amide bonds. The summed E-state index contributed by atoms with van der Waals surface area (Å²) in [7, 11) is 4.22. The van der Waals surface area contributed by atoms with Crippen molar-refractivity contribution in [2.75, 3.05) is 38.6 Å². The average Bonchev–Trinajstić information content (AvgIpc) is 2.93. The Morgan fingerprint density at radius 2 is 2.00 bits per heavy atom. The maximum Gasteiger partial charge on any atom is 0.179 e. The highest BCUT2D eigenvalue weighted by atomic mass is 35.5. The lowest BCUT2D eigenvalue weighted by atomic mass is 10.00. The Labute approximate surface area is 175 Å². The minimum atomic E-state index is -0.0802. The number of benzene rings is 1. The van der Waals surface area contributed by atoms with Gasteiger partial charge in [0.2, 0.25) is 0 Å². The van der Waals surface area contributed by atoms with E-state index in [0.717, 1.165) is 47.9 Å². The highest BCUT2D eigenvalue weighted by Gasteiger charge is 2.29. The SMILES string of the molecule is Cc1nn([C@H](C)c2ccc(Cl)cc2Cl)c2nc(N3CC(CN(C)C)C3)cnc12. The van der Waals surface area contributed by atoms with Gasteiger partial charge in [0.05, 0.1) is 17.9 Å².